The summed E-state index contributed by atoms with van der Waals surface area (Å²) in [5.74, 6) is 0.325. The second kappa shape index (κ2) is 5.90. The van der Waals surface area contributed by atoms with Crippen LogP contribution >= 0.6 is 11.3 Å². The van der Waals surface area contributed by atoms with Crippen molar-refractivity contribution in [2.24, 2.45) is 0 Å². The average molecular weight is 300 g/mol. The number of aromatic nitrogens is 4. The molecule has 9 heteroatoms. The molecule has 0 bridgehead atoms. The number of alkyl halides is 2. The van der Waals surface area contributed by atoms with Crippen LogP contribution in [0.2, 0.25) is 0 Å². The Morgan fingerprint density at radius 3 is 2.70 bits per heavy atom. The molecule has 6 nitrogen and oxygen atoms in total. The summed E-state index contributed by atoms with van der Waals surface area (Å²) in [5, 5.41) is 18.3. The smallest absolute Gasteiger partial charge is 0.314 e. The molecule has 1 unspecified atom stereocenters. The fourth-order valence-electron chi connectivity index (χ4n) is 2.32. The molecule has 3 heterocycles. The van der Waals surface area contributed by atoms with Crippen molar-refractivity contribution in [1.29, 1.82) is 0 Å². The number of hydrogen-bond donors (Lipinski definition) is 1. The third kappa shape index (κ3) is 2.69. The van der Waals surface area contributed by atoms with Gasteiger partial charge in [-0.1, -0.05) is 4.80 Å². The lowest BCUT2D eigenvalue weighted by Crippen LogP contribution is -2.45. The van der Waals surface area contributed by atoms with Gasteiger partial charge in [-0.2, -0.15) is 20.1 Å². The maximum atomic E-state index is 12.6. The van der Waals surface area contributed by atoms with Gasteiger partial charge in [0.1, 0.15) is 6.04 Å². The lowest BCUT2D eigenvalue weighted by atomic mass is 10.1. The summed E-state index contributed by atoms with van der Waals surface area (Å²) >= 11 is 1.57. The second-order valence-corrected chi connectivity index (χ2v) is 5.27. The monoisotopic (exact) mass is 300 g/mol. The van der Waals surface area contributed by atoms with E-state index >= 15 is 0 Å². The molecule has 0 aromatic carbocycles. The molecule has 1 aliphatic rings. The number of rotatable bonds is 4. The molecule has 1 aliphatic heterocycles. The van der Waals surface area contributed by atoms with Crippen LogP contribution in [0.1, 0.15) is 24.0 Å². The van der Waals surface area contributed by atoms with Crippen molar-refractivity contribution in [3.63, 3.8) is 0 Å². The zero-order valence-corrected chi connectivity index (χ0v) is 11.4. The van der Waals surface area contributed by atoms with E-state index in [1.807, 2.05) is 16.8 Å². The van der Waals surface area contributed by atoms with Crippen LogP contribution in [0.5, 0.6) is 0 Å². The SMILES string of the molecule is FC(F)n1nnc(C(c2ccsc2)N2CCNCC2)n1. The molecule has 0 radical (unpaired) electrons. The number of nitrogens with one attached hydrogen (secondary N) is 1. The Kier molecular flexibility index (Phi) is 3.99. The molecule has 1 atom stereocenters. The Balaban J connectivity index is 1.91. The van der Waals surface area contributed by atoms with Crippen LogP contribution in [0.3, 0.4) is 0 Å². The van der Waals surface area contributed by atoms with Gasteiger partial charge < -0.3 is 5.32 Å². The predicted molar refractivity (Wildman–Crippen MR) is 69.7 cm³/mol. The highest BCUT2D eigenvalue weighted by Gasteiger charge is 2.28. The molecule has 0 aliphatic carbocycles. The van der Waals surface area contributed by atoms with Crippen molar-refractivity contribution in [2.45, 2.75) is 12.6 Å². The Bertz CT molecular complexity index is 537. The third-order valence-electron chi connectivity index (χ3n) is 3.24. The van der Waals surface area contributed by atoms with Crippen LogP contribution in [0, 0.1) is 0 Å². The highest BCUT2D eigenvalue weighted by atomic mass is 32.1. The van der Waals surface area contributed by atoms with Crippen molar-refractivity contribution in [3.8, 4) is 0 Å². The van der Waals surface area contributed by atoms with E-state index in [4.69, 9.17) is 0 Å². The fraction of sp³-hybridized carbons (Fsp3) is 0.545. The Labute approximate surface area is 118 Å². The molecule has 1 saturated heterocycles. The Morgan fingerprint density at radius 1 is 1.30 bits per heavy atom. The maximum absolute atomic E-state index is 12.6. The fourth-order valence-corrected chi connectivity index (χ4v) is 3.00. The van der Waals surface area contributed by atoms with Crippen LogP contribution in [0.25, 0.3) is 0 Å². The number of nitrogens with zero attached hydrogens (tertiary/aromatic N) is 5. The standard InChI is InChI=1S/C11H14F2N6S/c12-11(13)19-16-10(15-17-19)9(8-1-6-20-7-8)18-4-2-14-3-5-18/h1,6-7,9,11,14H,2-5H2. The van der Waals surface area contributed by atoms with Crippen LogP contribution in [0.15, 0.2) is 16.8 Å². The molecule has 1 fully saturated rings. The van der Waals surface area contributed by atoms with Crippen molar-refractivity contribution in [3.05, 3.63) is 28.2 Å². The van der Waals surface area contributed by atoms with Crippen LogP contribution in [-0.2, 0) is 0 Å². The predicted octanol–water partition coefficient (Wildman–Crippen LogP) is 1.12. The quantitative estimate of drug-likeness (QED) is 0.917. The molecule has 0 spiro atoms. The topological polar surface area (TPSA) is 58.9 Å². The minimum atomic E-state index is -2.76. The van der Waals surface area contributed by atoms with Crippen molar-refractivity contribution < 1.29 is 8.78 Å². The summed E-state index contributed by atoms with van der Waals surface area (Å²) in [4.78, 5) is 2.54. The van der Waals surface area contributed by atoms with Crippen molar-refractivity contribution in [1.82, 2.24) is 30.4 Å². The summed E-state index contributed by atoms with van der Waals surface area (Å²) < 4.78 is 25.2. The number of tetrazole rings is 1. The first-order valence-corrected chi connectivity index (χ1v) is 7.24. The first kappa shape index (κ1) is 13.5. The zero-order valence-electron chi connectivity index (χ0n) is 10.6. The number of hydrogen-bond acceptors (Lipinski definition) is 6. The highest BCUT2D eigenvalue weighted by molar-refractivity contribution is 7.08. The van der Waals surface area contributed by atoms with Gasteiger partial charge in [-0.15, -0.1) is 10.2 Å². The first-order valence-electron chi connectivity index (χ1n) is 6.30. The number of halogens is 2. The minimum absolute atomic E-state index is 0.212. The van der Waals surface area contributed by atoms with E-state index < -0.39 is 6.55 Å². The van der Waals surface area contributed by atoms with Crippen molar-refractivity contribution >= 4 is 11.3 Å². The summed E-state index contributed by atoms with van der Waals surface area (Å²) in [6, 6.07) is 1.76. The zero-order chi connectivity index (χ0) is 13.9. The molecular weight excluding hydrogens is 286 g/mol. The van der Waals surface area contributed by atoms with E-state index in [-0.39, 0.29) is 6.04 Å². The molecule has 0 saturated carbocycles. The molecule has 3 rings (SSSR count). The van der Waals surface area contributed by atoms with Gasteiger partial charge in [0.15, 0.2) is 5.82 Å². The maximum Gasteiger partial charge on any atom is 0.350 e. The molecular formula is C11H14F2N6S. The van der Waals surface area contributed by atoms with Gasteiger partial charge in [0.2, 0.25) is 0 Å². The largest absolute Gasteiger partial charge is 0.350 e. The van der Waals surface area contributed by atoms with Gasteiger partial charge in [-0.3, -0.25) is 4.90 Å². The lowest BCUT2D eigenvalue weighted by Gasteiger charge is -2.32. The van der Waals surface area contributed by atoms with E-state index in [1.165, 1.54) is 0 Å². The van der Waals surface area contributed by atoms with Gasteiger partial charge in [-0.25, -0.2) is 0 Å². The van der Waals surface area contributed by atoms with Gasteiger partial charge in [0, 0.05) is 26.2 Å². The average Bonchev–Trinajstić information content (AvgIpc) is 3.12. The second-order valence-electron chi connectivity index (χ2n) is 4.49. The van der Waals surface area contributed by atoms with E-state index in [2.05, 4.69) is 25.6 Å². The number of thiophene rings is 1. The molecule has 20 heavy (non-hydrogen) atoms. The number of piperazine rings is 1. The normalized spacial score (nSPS) is 18.6. The van der Waals surface area contributed by atoms with Gasteiger partial charge >= 0.3 is 6.55 Å². The molecule has 0 amide bonds. The summed E-state index contributed by atoms with van der Waals surface area (Å²) in [7, 11) is 0. The van der Waals surface area contributed by atoms with Crippen molar-refractivity contribution in [2.75, 3.05) is 26.2 Å². The van der Waals surface area contributed by atoms with Crippen LogP contribution in [-0.4, -0.2) is 51.3 Å². The molecule has 108 valence electrons. The van der Waals surface area contributed by atoms with E-state index in [0.29, 0.717) is 10.6 Å². The lowest BCUT2D eigenvalue weighted by molar-refractivity contribution is 0.0390. The molecule has 1 N–H and O–H groups in total. The van der Waals surface area contributed by atoms with Crippen LogP contribution < -0.4 is 5.32 Å². The van der Waals surface area contributed by atoms with E-state index in [1.54, 1.807) is 11.3 Å². The third-order valence-corrected chi connectivity index (χ3v) is 3.94. The minimum Gasteiger partial charge on any atom is -0.314 e. The first-order chi connectivity index (χ1) is 9.75. The van der Waals surface area contributed by atoms with Gasteiger partial charge in [0.05, 0.1) is 0 Å². The summed E-state index contributed by atoms with van der Waals surface area (Å²) in [5.41, 5.74) is 1.02. The summed E-state index contributed by atoms with van der Waals surface area (Å²) in [6.07, 6.45) is 0. The van der Waals surface area contributed by atoms with Gasteiger partial charge in [-0.05, 0) is 27.6 Å². The highest BCUT2D eigenvalue weighted by Crippen LogP contribution is 2.28. The Hall–Kier alpha value is -1.45. The van der Waals surface area contributed by atoms with E-state index in [0.717, 1.165) is 31.7 Å². The van der Waals surface area contributed by atoms with E-state index in [9.17, 15) is 8.78 Å². The molecule has 2 aromatic heterocycles. The van der Waals surface area contributed by atoms with Crippen LogP contribution in [0.4, 0.5) is 8.78 Å². The Morgan fingerprint density at radius 2 is 2.10 bits per heavy atom. The summed E-state index contributed by atoms with van der Waals surface area (Å²) in [6.45, 7) is 0.614. The molecule has 2 aromatic rings. The van der Waals surface area contributed by atoms with Gasteiger partial charge in [0.25, 0.3) is 0 Å².